The van der Waals surface area contributed by atoms with E-state index in [1.807, 2.05) is 36.2 Å². The van der Waals surface area contributed by atoms with Crippen LogP contribution in [0.3, 0.4) is 0 Å². The third-order valence-electron chi connectivity index (χ3n) is 3.15. The second-order valence-corrected chi connectivity index (χ2v) is 5.56. The van der Waals surface area contributed by atoms with Gasteiger partial charge in [0.05, 0.1) is 15.8 Å². The van der Waals surface area contributed by atoms with Gasteiger partial charge in [0.2, 0.25) is 5.28 Å². The zero-order valence-electron chi connectivity index (χ0n) is 10.9. The molecule has 104 valence electrons. The number of hydrogen-bond acceptors (Lipinski definition) is 5. The van der Waals surface area contributed by atoms with E-state index >= 15 is 0 Å². The number of anilines is 2. The lowest BCUT2D eigenvalue weighted by Gasteiger charge is -2.15. The summed E-state index contributed by atoms with van der Waals surface area (Å²) in [4.78, 5) is 9.94. The predicted octanol–water partition coefficient (Wildman–Crippen LogP) is 3.65. The van der Waals surface area contributed by atoms with Crippen molar-refractivity contribution in [2.24, 2.45) is 0 Å². The van der Waals surface area contributed by atoms with Gasteiger partial charge in [-0.2, -0.15) is 5.26 Å². The van der Waals surface area contributed by atoms with Crippen LogP contribution in [0.2, 0.25) is 5.28 Å². The first-order chi connectivity index (χ1) is 10.1. The van der Waals surface area contributed by atoms with Gasteiger partial charge in [-0.15, -0.1) is 0 Å². The standard InChI is InChI=1S/C14H9BrClN5/c1-21-11-5-3-2-4-10(11)19-13(21)8(6-17)12-9(15)7-18-14(16)20-12/h2-5,7,19H,1H3. The zero-order valence-corrected chi connectivity index (χ0v) is 13.3. The Morgan fingerprint density at radius 1 is 1.43 bits per heavy atom. The Kier molecular flexibility index (Phi) is 3.53. The quantitative estimate of drug-likeness (QED) is 0.620. The molecule has 2 aromatic rings. The Morgan fingerprint density at radius 2 is 2.19 bits per heavy atom. The van der Waals surface area contributed by atoms with E-state index in [1.54, 1.807) is 0 Å². The number of halogens is 2. The van der Waals surface area contributed by atoms with Crippen LogP contribution >= 0.6 is 27.5 Å². The number of nitrogens with one attached hydrogen (secondary N) is 1. The van der Waals surface area contributed by atoms with Gasteiger partial charge in [-0.3, -0.25) is 0 Å². The van der Waals surface area contributed by atoms with Crippen LogP contribution in [-0.2, 0) is 0 Å². The highest BCUT2D eigenvalue weighted by atomic mass is 79.9. The van der Waals surface area contributed by atoms with Gasteiger partial charge in [0, 0.05) is 13.2 Å². The largest absolute Gasteiger partial charge is 0.339 e. The molecular weight excluding hydrogens is 354 g/mol. The Balaban J connectivity index is 2.17. The van der Waals surface area contributed by atoms with Crippen molar-refractivity contribution in [3.05, 3.63) is 51.7 Å². The molecule has 0 unspecified atom stereocenters. The third kappa shape index (κ3) is 2.35. The molecule has 0 aliphatic carbocycles. The zero-order chi connectivity index (χ0) is 15.0. The van der Waals surface area contributed by atoms with Crippen molar-refractivity contribution < 1.29 is 0 Å². The van der Waals surface area contributed by atoms with Gasteiger partial charge in [-0.05, 0) is 39.7 Å². The fraction of sp³-hybridized carbons (Fsp3) is 0.0714. The minimum Gasteiger partial charge on any atom is -0.339 e. The van der Waals surface area contributed by atoms with Crippen molar-refractivity contribution in [3.63, 3.8) is 0 Å². The lowest BCUT2D eigenvalue weighted by atomic mass is 10.2. The molecule has 21 heavy (non-hydrogen) atoms. The molecule has 7 heteroatoms. The minimum absolute atomic E-state index is 0.0970. The second-order valence-electron chi connectivity index (χ2n) is 4.37. The van der Waals surface area contributed by atoms with Crippen molar-refractivity contribution in [1.82, 2.24) is 9.97 Å². The van der Waals surface area contributed by atoms with Gasteiger partial charge in [0.1, 0.15) is 23.2 Å². The van der Waals surface area contributed by atoms with E-state index < -0.39 is 0 Å². The summed E-state index contributed by atoms with van der Waals surface area (Å²) >= 11 is 9.20. The van der Waals surface area contributed by atoms with E-state index in [9.17, 15) is 5.26 Å². The van der Waals surface area contributed by atoms with Gasteiger partial charge in [0.15, 0.2) is 0 Å². The summed E-state index contributed by atoms with van der Waals surface area (Å²) in [6, 6.07) is 10.0. The molecule has 0 fully saturated rings. The van der Waals surface area contributed by atoms with Gasteiger partial charge < -0.3 is 10.2 Å². The van der Waals surface area contributed by atoms with E-state index in [0.717, 1.165) is 11.4 Å². The number of allylic oxidation sites excluding steroid dienone is 1. The van der Waals surface area contributed by atoms with Crippen LogP contribution in [0.4, 0.5) is 11.4 Å². The first-order valence-corrected chi connectivity index (χ1v) is 7.21. The fourth-order valence-electron chi connectivity index (χ4n) is 2.17. The maximum atomic E-state index is 9.55. The highest BCUT2D eigenvalue weighted by Crippen LogP contribution is 2.38. The molecule has 1 N–H and O–H groups in total. The molecule has 5 nitrogen and oxygen atoms in total. The summed E-state index contributed by atoms with van der Waals surface area (Å²) in [6.07, 6.45) is 1.53. The molecule has 0 amide bonds. The molecule has 1 aliphatic rings. The first kappa shape index (κ1) is 13.9. The number of fused-ring (bicyclic) bond motifs is 1. The van der Waals surface area contributed by atoms with E-state index in [2.05, 4.69) is 37.3 Å². The molecule has 3 rings (SSSR count). The molecule has 1 aromatic carbocycles. The molecule has 0 spiro atoms. The Bertz CT molecular complexity index is 796. The number of hydrogen-bond donors (Lipinski definition) is 1. The van der Waals surface area contributed by atoms with Crippen molar-refractivity contribution in [2.75, 3.05) is 17.3 Å². The molecule has 1 aliphatic heterocycles. The van der Waals surface area contributed by atoms with Crippen LogP contribution in [0, 0.1) is 11.3 Å². The summed E-state index contributed by atoms with van der Waals surface area (Å²) in [5.41, 5.74) is 2.79. The van der Waals surface area contributed by atoms with Crippen LogP contribution in [0.1, 0.15) is 5.69 Å². The third-order valence-corrected chi connectivity index (χ3v) is 3.92. The number of rotatable bonds is 1. The highest BCUT2D eigenvalue weighted by molar-refractivity contribution is 9.10. The normalized spacial score (nSPS) is 15.2. The smallest absolute Gasteiger partial charge is 0.222 e. The number of para-hydroxylation sites is 2. The number of aromatic nitrogens is 2. The van der Waals surface area contributed by atoms with Gasteiger partial charge in [0.25, 0.3) is 0 Å². The van der Waals surface area contributed by atoms with Gasteiger partial charge in [-0.25, -0.2) is 9.97 Å². The molecule has 2 heterocycles. The molecule has 0 saturated heterocycles. The van der Waals surface area contributed by atoms with Crippen LogP contribution in [0.25, 0.3) is 5.57 Å². The van der Waals surface area contributed by atoms with Gasteiger partial charge >= 0.3 is 0 Å². The monoisotopic (exact) mass is 361 g/mol. The summed E-state index contributed by atoms with van der Waals surface area (Å²) in [5.74, 6) is 0.661. The van der Waals surface area contributed by atoms with E-state index in [1.165, 1.54) is 6.20 Å². The van der Waals surface area contributed by atoms with Crippen molar-refractivity contribution >= 4 is 44.5 Å². The molecule has 0 bridgehead atoms. The van der Waals surface area contributed by atoms with Crippen molar-refractivity contribution in [1.29, 1.82) is 5.26 Å². The fourth-order valence-corrected chi connectivity index (χ4v) is 2.70. The van der Waals surface area contributed by atoms with Crippen molar-refractivity contribution in [2.45, 2.75) is 0 Å². The summed E-state index contributed by atoms with van der Waals surface area (Å²) in [5, 5.41) is 12.9. The molecular formula is C14H9BrClN5. The average Bonchev–Trinajstić information content (AvgIpc) is 2.81. The minimum atomic E-state index is 0.0970. The first-order valence-electron chi connectivity index (χ1n) is 6.04. The molecule has 1 aromatic heterocycles. The summed E-state index contributed by atoms with van der Waals surface area (Å²) in [6.45, 7) is 0. The SMILES string of the molecule is CN1C(=C(C#N)c2nc(Cl)ncc2Br)Nc2ccccc21. The van der Waals surface area contributed by atoms with E-state index in [4.69, 9.17) is 11.6 Å². The molecule has 0 atom stereocenters. The lowest BCUT2D eigenvalue weighted by molar-refractivity contribution is 1.11. The van der Waals surface area contributed by atoms with Crippen LogP contribution < -0.4 is 10.2 Å². The number of benzene rings is 1. The maximum absolute atomic E-state index is 9.55. The lowest BCUT2D eigenvalue weighted by Crippen LogP contribution is -2.17. The van der Waals surface area contributed by atoms with Crippen LogP contribution in [0.5, 0.6) is 0 Å². The van der Waals surface area contributed by atoms with Crippen molar-refractivity contribution in [3.8, 4) is 6.07 Å². The summed E-state index contributed by atoms with van der Waals surface area (Å²) in [7, 11) is 1.89. The number of nitrogens with zero attached hydrogens (tertiary/aromatic N) is 4. The predicted molar refractivity (Wildman–Crippen MR) is 85.7 cm³/mol. The molecule has 0 saturated carbocycles. The topological polar surface area (TPSA) is 64.8 Å². The van der Waals surface area contributed by atoms with E-state index in [0.29, 0.717) is 21.6 Å². The van der Waals surface area contributed by atoms with E-state index in [-0.39, 0.29) is 5.28 Å². The van der Waals surface area contributed by atoms with Crippen LogP contribution in [-0.4, -0.2) is 17.0 Å². The Hall–Kier alpha value is -2.10. The Morgan fingerprint density at radius 3 is 2.90 bits per heavy atom. The van der Waals surface area contributed by atoms with Crippen LogP contribution in [0.15, 0.2) is 40.8 Å². The summed E-state index contributed by atoms with van der Waals surface area (Å²) < 4.78 is 0.613. The molecule has 0 radical (unpaired) electrons. The maximum Gasteiger partial charge on any atom is 0.222 e. The highest BCUT2D eigenvalue weighted by Gasteiger charge is 2.25. The Labute approximate surface area is 135 Å². The average molecular weight is 363 g/mol. The van der Waals surface area contributed by atoms with Gasteiger partial charge in [-0.1, -0.05) is 12.1 Å². The number of nitriles is 1. The second kappa shape index (κ2) is 5.35.